The van der Waals surface area contributed by atoms with Crippen LogP contribution < -0.4 is 0 Å². The molecule has 3 aliphatic rings. The van der Waals surface area contributed by atoms with Gasteiger partial charge in [0.2, 0.25) is 11.8 Å². The predicted molar refractivity (Wildman–Crippen MR) is 105 cm³/mol. The highest BCUT2D eigenvalue weighted by Crippen LogP contribution is 2.53. The van der Waals surface area contributed by atoms with Crippen LogP contribution in [0.1, 0.15) is 30.6 Å². The van der Waals surface area contributed by atoms with Gasteiger partial charge in [0.25, 0.3) is 0 Å². The molecule has 1 saturated heterocycles. The molecule has 4 rings (SSSR count). The molecule has 2 fully saturated rings. The molecule has 1 aromatic rings. The number of amides is 2. The number of nitrogens with zero attached hydrogens (tertiary/aromatic N) is 1. The Bertz CT molecular complexity index is 876. The van der Waals surface area contributed by atoms with Gasteiger partial charge in [0.1, 0.15) is 6.04 Å². The number of carbonyl (C=O) groups excluding carboxylic acids is 4. The molecule has 0 spiro atoms. The number of carbonyl (C=O) groups is 4. The second-order valence-corrected chi connectivity index (χ2v) is 8.71. The molecule has 152 valence electrons. The van der Waals surface area contributed by atoms with Gasteiger partial charge in [-0.15, -0.1) is 0 Å². The van der Waals surface area contributed by atoms with E-state index in [0.29, 0.717) is 10.6 Å². The number of hydrogen-bond donors (Lipinski definition) is 0. The number of ketones is 1. The van der Waals surface area contributed by atoms with Crippen molar-refractivity contribution in [2.24, 2.45) is 29.6 Å². The summed E-state index contributed by atoms with van der Waals surface area (Å²) in [5.74, 6) is -2.63. The minimum Gasteiger partial charge on any atom is -0.456 e. The van der Waals surface area contributed by atoms with E-state index in [0.717, 1.165) is 11.3 Å². The molecule has 2 amide bonds. The molecule has 0 aromatic heterocycles. The maximum absolute atomic E-state index is 13.0. The Hall–Kier alpha value is -2.47. The molecule has 1 aliphatic heterocycles. The van der Waals surface area contributed by atoms with Crippen LogP contribution in [0.2, 0.25) is 5.02 Å². The summed E-state index contributed by atoms with van der Waals surface area (Å²) in [6.45, 7) is 3.06. The highest BCUT2D eigenvalue weighted by atomic mass is 35.5. The van der Waals surface area contributed by atoms with Gasteiger partial charge in [-0.05, 0) is 48.4 Å². The fraction of sp³-hybridized carbons (Fsp3) is 0.455. The number of esters is 1. The third-order valence-corrected chi connectivity index (χ3v) is 6.42. The number of halogens is 1. The topological polar surface area (TPSA) is 80.8 Å². The molecule has 7 heteroatoms. The molecule has 1 aromatic carbocycles. The van der Waals surface area contributed by atoms with E-state index in [-0.39, 0.29) is 47.2 Å². The van der Waals surface area contributed by atoms with Gasteiger partial charge >= 0.3 is 5.97 Å². The Morgan fingerprint density at radius 1 is 1.07 bits per heavy atom. The first-order valence-electron chi connectivity index (χ1n) is 9.80. The monoisotopic (exact) mass is 415 g/mol. The first-order chi connectivity index (χ1) is 13.8. The highest BCUT2D eigenvalue weighted by Gasteiger charge is 2.61. The average Bonchev–Trinajstić information content (AvgIpc) is 3.36. The predicted octanol–water partition coefficient (Wildman–Crippen LogP) is 2.90. The highest BCUT2D eigenvalue weighted by molar-refractivity contribution is 6.30. The lowest BCUT2D eigenvalue weighted by Crippen LogP contribution is -2.50. The standard InChI is InChI=1S/C22H22ClNO5/c1-11(2)19(22(28)29-10-16(25)12-5-7-15(23)8-6-12)24-20(26)17-13-3-4-14(9-13)18(17)21(24)27/h3-8,11,13-14,17-19H,9-10H2,1-2H3/t13-,14-,17-,18+,19-/m0/s1. The van der Waals surface area contributed by atoms with E-state index < -0.39 is 18.6 Å². The van der Waals surface area contributed by atoms with Crippen LogP contribution in [0, 0.1) is 29.6 Å². The summed E-state index contributed by atoms with van der Waals surface area (Å²) >= 11 is 5.81. The van der Waals surface area contributed by atoms with Crippen molar-refractivity contribution in [3.8, 4) is 0 Å². The molecular weight excluding hydrogens is 394 g/mol. The summed E-state index contributed by atoms with van der Waals surface area (Å²) in [4.78, 5) is 52.2. The van der Waals surface area contributed by atoms with Crippen LogP contribution in [0.25, 0.3) is 0 Å². The summed E-state index contributed by atoms with van der Waals surface area (Å²) in [6, 6.07) is 5.23. The van der Waals surface area contributed by atoms with Crippen LogP contribution in [0.4, 0.5) is 0 Å². The summed E-state index contributed by atoms with van der Waals surface area (Å²) in [5, 5.41) is 0.499. The maximum atomic E-state index is 13.0. The molecule has 0 radical (unpaired) electrons. The second kappa shape index (κ2) is 7.41. The number of likely N-dealkylation sites (tertiary alicyclic amines) is 1. The largest absolute Gasteiger partial charge is 0.456 e. The Morgan fingerprint density at radius 3 is 2.14 bits per heavy atom. The van der Waals surface area contributed by atoms with E-state index in [4.69, 9.17) is 16.3 Å². The fourth-order valence-corrected chi connectivity index (χ4v) is 4.94. The van der Waals surface area contributed by atoms with Gasteiger partial charge in [-0.1, -0.05) is 37.6 Å². The summed E-state index contributed by atoms with van der Waals surface area (Å²) < 4.78 is 5.23. The molecule has 6 nitrogen and oxygen atoms in total. The zero-order valence-corrected chi connectivity index (χ0v) is 17.0. The Kier molecular flexibility index (Phi) is 5.07. The van der Waals surface area contributed by atoms with Crippen LogP contribution in [0.5, 0.6) is 0 Å². The number of rotatable bonds is 6. The van der Waals surface area contributed by atoms with Crippen molar-refractivity contribution < 1.29 is 23.9 Å². The minimum absolute atomic E-state index is 0.0711. The smallest absolute Gasteiger partial charge is 0.330 e. The lowest BCUT2D eigenvalue weighted by Gasteiger charge is -2.28. The van der Waals surface area contributed by atoms with Gasteiger partial charge in [-0.2, -0.15) is 0 Å². The van der Waals surface area contributed by atoms with Crippen molar-refractivity contribution in [2.75, 3.05) is 6.61 Å². The quantitative estimate of drug-likeness (QED) is 0.309. The molecule has 1 saturated carbocycles. The normalized spacial score (nSPS) is 28.2. The third kappa shape index (κ3) is 3.29. The number of Topliss-reactive ketones (excluding diaryl/α,β-unsaturated/α-hetero) is 1. The molecule has 0 unspecified atom stereocenters. The summed E-state index contributed by atoms with van der Waals surface area (Å²) in [6.07, 6.45) is 4.84. The average molecular weight is 416 g/mol. The zero-order valence-electron chi connectivity index (χ0n) is 16.2. The number of hydrogen-bond acceptors (Lipinski definition) is 5. The van der Waals surface area contributed by atoms with Gasteiger partial charge in [0.05, 0.1) is 11.8 Å². The number of benzene rings is 1. The van der Waals surface area contributed by atoms with E-state index in [1.165, 1.54) is 0 Å². The van der Waals surface area contributed by atoms with E-state index in [1.807, 2.05) is 12.2 Å². The van der Waals surface area contributed by atoms with E-state index in [2.05, 4.69) is 0 Å². The van der Waals surface area contributed by atoms with E-state index in [1.54, 1.807) is 38.1 Å². The van der Waals surface area contributed by atoms with Crippen LogP contribution >= 0.6 is 11.6 Å². The molecule has 2 aliphatic carbocycles. The fourth-order valence-electron chi connectivity index (χ4n) is 4.82. The van der Waals surface area contributed by atoms with Gasteiger partial charge in [-0.3, -0.25) is 19.3 Å². The summed E-state index contributed by atoms with van der Waals surface area (Å²) in [7, 11) is 0. The van der Waals surface area contributed by atoms with Crippen molar-refractivity contribution in [1.29, 1.82) is 0 Å². The molecule has 5 atom stereocenters. The van der Waals surface area contributed by atoms with Crippen molar-refractivity contribution in [3.05, 3.63) is 47.0 Å². The molecule has 29 heavy (non-hydrogen) atoms. The zero-order chi connectivity index (χ0) is 20.9. The van der Waals surface area contributed by atoms with Crippen LogP contribution in [0.15, 0.2) is 36.4 Å². The van der Waals surface area contributed by atoms with Gasteiger partial charge in [-0.25, -0.2) is 4.79 Å². The summed E-state index contributed by atoms with van der Waals surface area (Å²) in [5.41, 5.74) is 0.369. The Morgan fingerprint density at radius 2 is 1.62 bits per heavy atom. The minimum atomic E-state index is -1.03. The van der Waals surface area contributed by atoms with Crippen LogP contribution in [0.3, 0.4) is 0 Å². The lowest BCUT2D eigenvalue weighted by atomic mass is 9.85. The Balaban J connectivity index is 1.47. The molecule has 1 heterocycles. The maximum Gasteiger partial charge on any atom is 0.330 e. The molecule has 2 bridgehead atoms. The van der Waals surface area contributed by atoms with Crippen molar-refractivity contribution >= 4 is 35.2 Å². The van der Waals surface area contributed by atoms with Crippen LogP contribution in [-0.2, 0) is 19.1 Å². The first-order valence-corrected chi connectivity index (χ1v) is 10.2. The van der Waals surface area contributed by atoms with Gasteiger partial charge in [0.15, 0.2) is 12.4 Å². The first kappa shape index (κ1) is 19.8. The van der Waals surface area contributed by atoms with E-state index >= 15 is 0 Å². The number of imide groups is 1. The van der Waals surface area contributed by atoms with Gasteiger partial charge in [0, 0.05) is 10.6 Å². The second-order valence-electron chi connectivity index (χ2n) is 8.27. The number of fused-ring (bicyclic) bond motifs is 5. The third-order valence-electron chi connectivity index (χ3n) is 6.17. The Labute approximate surface area is 173 Å². The SMILES string of the molecule is CC(C)[C@@H](C(=O)OCC(=O)c1ccc(Cl)cc1)N1C(=O)[C@@H]2[C@H](C1=O)[C@H]1C=C[C@H]2C1. The lowest BCUT2D eigenvalue weighted by molar-refractivity contribution is -0.160. The molecule has 0 N–H and O–H groups in total. The van der Waals surface area contributed by atoms with E-state index in [9.17, 15) is 19.2 Å². The number of allylic oxidation sites excluding steroid dienone is 2. The molecular formula is C22H22ClNO5. The number of ether oxygens (including phenoxy) is 1. The van der Waals surface area contributed by atoms with Crippen molar-refractivity contribution in [1.82, 2.24) is 4.90 Å². The van der Waals surface area contributed by atoms with Gasteiger partial charge < -0.3 is 4.74 Å². The van der Waals surface area contributed by atoms with Crippen molar-refractivity contribution in [2.45, 2.75) is 26.3 Å². The van der Waals surface area contributed by atoms with Crippen LogP contribution in [-0.4, -0.2) is 41.1 Å². The van der Waals surface area contributed by atoms with Crippen molar-refractivity contribution in [3.63, 3.8) is 0 Å².